The minimum absolute atomic E-state index is 0.232. The molecule has 0 unspecified atom stereocenters. The van der Waals surface area contributed by atoms with Crippen LogP contribution in [0.4, 0.5) is 22.7 Å². The Hall–Kier alpha value is -5.10. The highest BCUT2D eigenvalue weighted by atomic mass is 16.5. The maximum atomic E-state index is 9.39. The van der Waals surface area contributed by atoms with E-state index in [1.807, 2.05) is 110 Å². The fourth-order valence-corrected chi connectivity index (χ4v) is 3.85. The monoisotopic (exact) mass is 498 g/mol. The molecule has 0 bridgehead atoms. The van der Waals surface area contributed by atoms with Gasteiger partial charge < -0.3 is 9.84 Å². The van der Waals surface area contributed by atoms with Gasteiger partial charge in [0.15, 0.2) is 0 Å². The van der Waals surface area contributed by atoms with Crippen LogP contribution in [0.1, 0.15) is 18.1 Å². The maximum absolute atomic E-state index is 9.39. The summed E-state index contributed by atoms with van der Waals surface area (Å²) in [5.74, 6) is 1.08. The molecule has 0 atom stereocenters. The van der Waals surface area contributed by atoms with Gasteiger partial charge in [0.25, 0.3) is 0 Å². The number of aromatic hydroxyl groups is 1. The van der Waals surface area contributed by atoms with Crippen molar-refractivity contribution in [3.63, 3.8) is 0 Å². The Kier molecular flexibility index (Phi) is 7.61. The Morgan fingerprint density at radius 3 is 1.87 bits per heavy atom. The van der Waals surface area contributed by atoms with E-state index in [-0.39, 0.29) is 5.75 Å². The molecule has 6 nitrogen and oxygen atoms in total. The lowest BCUT2D eigenvalue weighted by Crippen LogP contribution is -1.91. The first-order valence-corrected chi connectivity index (χ1v) is 12.3. The smallest absolute Gasteiger partial charge is 0.119 e. The van der Waals surface area contributed by atoms with Crippen molar-refractivity contribution in [2.75, 3.05) is 6.61 Å². The minimum atomic E-state index is 0.232. The molecule has 38 heavy (non-hydrogen) atoms. The van der Waals surface area contributed by atoms with Crippen molar-refractivity contribution in [1.29, 1.82) is 0 Å². The molecule has 0 saturated heterocycles. The van der Waals surface area contributed by atoms with E-state index in [2.05, 4.69) is 15.2 Å². The van der Waals surface area contributed by atoms with Gasteiger partial charge in [-0.05, 0) is 103 Å². The fourth-order valence-electron chi connectivity index (χ4n) is 3.85. The molecule has 6 heteroatoms. The molecule has 0 radical (unpaired) electrons. The zero-order valence-corrected chi connectivity index (χ0v) is 20.9. The molecule has 0 aliphatic heterocycles. The van der Waals surface area contributed by atoms with Crippen LogP contribution in [0.15, 0.2) is 129 Å². The van der Waals surface area contributed by atoms with Gasteiger partial charge >= 0.3 is 0 Å². The van der Waals surface area contributed by atoms with Crippen LogP contribution in [-0.4, -0.2) is 24.1 Å². The van der Waals surface area contributed by atoms with Gasteiger partial charge in [0.05, 0.1) is 29.4 Å². The summed E-state index contributed by atoms with van der Waals surface area (Å²) in [5.41, 5.74) is 5.08. The van der Waals surface area contributed by atoms with E-state index >= 15 is 0 Å². The van der Waals surface area contributed by atoms with Crippen molar-refractivity contribution in [3.8, 4) is 11.5 Å². The second-order valence-corrected chi connectivity index (χ2v) is 8.48. The lowest BCUT2D eigenvalue weighted by Gasteiger charge is -2.05. The number of ether oxygens (including phenoxy) is 1. The Balaban J connectivity index is 1.32. The molecule has 0 aliphatic rings. The average molecular weight is 499 g/mol. The number of rotatable bonds is 8. The highest BCUT2D eigenvalue weighted by molar-refractivity contribution is 6.01. The molecule has 0 aromatic heterocycles. The molecule has 0 spiro atoms. The Bertz CT molecular complexity index is 1610. The van der Waals surface area contributed by atoms with E-state index in [0.717, 1.165) is 50.4 Å². The SMILES string of the molecule is CCOc1ccc(C=Nc2ccc(N=Nc3ccc(N=Cc4ccc(O)cc4)cc3)c3ccccc23)cc1. The quantitative estimate of drug-likeness (QED) is 0.171. The summed E-state index contributed by atoms with van der Waals surface area (Å²) >= 11 is 0. The Morgan fingerprint density at radius 2 is 1.18 bits per heavy atom. The van der Waals surface area contributed by atoms with E-state index in [9.17, 15) is 5.11 Å². The normalized spacial score (nSPS) is 11.7. The predicted molar refractivity (Wildman–Crippen MR) is 155 cm³/mol. The number of phenols is 1. The molecule has 5 aromatic rings. The van der Waals surface area contributed by atoms with Crippen LogP contribution in [0.2, 0.25) is 0 Å². The second-order valence-electron chi connectivity index (χ2n) is 8.48. The second kappa shape index (κ2) is 11.8. The van der Waals surface area contributed by atoms with E-state index in [4.69, 9.17) is 9.73 Å². The predicted octanol–water partition coefficient (Wildman–Crippen LogP) is 8.86. The maximum Gasteiger partial charge on any atom is 0.119 e. The third-order valence-corrected chi connectivity index (χ3v) is 5.80. The molecule has 0 fully saturated rings. The minimum Gasteiger partial charge on any atom is -0.508 e. The fraction of sp³-hybridized carbons (Fsp3) is 0.0625. The summed E-state index contributed by atoms with van der Waals surface area (Å²) < 4.78 is 5.51. The van der Waals surface area contributed by atoms with Crippen LogP contribution in [0, 0.1) is 0 Å². The third-order valence-electron chi connectivity index (χ3n) is 5.80. The number of nitrogens with zero attached hydrogens (tertiary/aromatic N) is 4. The molecule has 0 amide bonds. The molecule has 5 rings (SSSR count). The van der Waals surface area contributed by atoms with Crippen molar-refractivity contribution < 1.29 is 9.84 Å². The van der Waals surface area contributed by atoms with Gasteiger partial charge in [-0.1, -0.05) is 24.3 Å². The van der Waals surface area contributed by atoms with Crippen molar-refractivity contribution in [1.82, 2.24) is 0 Å². The summed E-state index contributed by atoms with van der Waals surface area (Å²) in [6.45, 7) is 2.61. The largest absolute Gasteiger partial charge is 0.508 e. The summed E-state index contributed by atoms with van der Waals surface area (Å²) in [6.07, 6.45) is 3.60. The molecular weight excluding hydrogens is 472 g/mol. The zero-order valence-electron chi connectivity index (χ0n) is 20.9. The van der Waals surface area contributed by atoms with E-state index < -0.39 is 0 Å². The zero-order chi connectivity index (χ0) is 26.2. The number of azo groups is 1. The lowest BCUT2D eigenvalue weighted by molar-refractivity contribution is 0.340. The Morgan fingerprint density at radius 1 is 0.605 bits per heavy atom. The first kappa shape index (κ1) is 24.6. The molecular formula is C32H26N4O2. The van der Waals surface area contributed by atoms with Crippen LogP contribution in [0.5, 0.6) is 11.5 Å². The number of hydrogen-bond donors (Lipinski definition) is 1. The molecule has 0 aliphatic carbocycles. The molecule has 1 N–H and O–H groups in total. The van der Waals surface area contributed by atoms with Crippen molar-refractivity contribution in [2.24, 2.45) is 20.2 Å². The molecule has 0 heterocycles. The lowest BCUT2D eigenvalue weighted by atomic mass is 10.1. The Labute approximate surface area is 221 Å². The third kappa shape index (κ3) is 6.17. The van der Waals surface area contributed by atoms with E-state index in [1.165, 1.54) is 0 Å². The van der Waals surface area contributed by atoms with Gasteiger partial charge in [0.2, 0.25) is 0 Å². The van der Waals surface area contributed by atoms with Crippen LogP contribution in [-0.2, 0) is 0 Å². The number of benzene rings is 5. The molecule has 5 aromatic carbocycles. The van der Waals surface area contributed by atoms with Crippen LogP contribution in [0.25, 0.3) is 10.8 Å². The summed E-state index contributed by atoms with van der Waals surface area (Å²) in [4.78, 5) is 9.20. The summed E-state index contributed by atoms with van der Waals surface area (Å²) in [5, 5.41) is 20.3. The van der Waals surface area contributed by atoms with Crippen LogP contribution in [0.3, 0.4) is 0 Å². The van der Waals surface area contributed by atoms with Crippen LogP contribution < -0.4 is 4.74 Å². The highest BCUT2D eigenvalue weighted by Crippen LogP contribution is 2.34. The van der Waals surface area contributed by atoms with Gasteiger partial charge in [-0.15, -0.1) is 5.11 Å². The molecule has 0 saturated carbocycles. The van der Waals surface area contributed by atoms with Gasteiger partial charge in [0, 0.05) is 23.2 Å². The van der Waals surface area contributed by atoms with Gasteiger partial charge in [0.1, 0.15) is 11.5 Å². The first-order chi connectivity index (χ1) is 18.7. The average Bonchev–Trinajstić information content (AvgIpc) is 2.96. The van der Waals surface area contributed by atoms with E-state index in [1.54, 1.807) is 18.3 Å². The molecule has 186 valence electrons. The summed E-state index contributed by atoms with van der Waals surface area (Å²) in [6, 6.07) is 34.2. The number of fused-ring (bicyclic) bond motifs is 1. The van der Waals surface area contributed by atoms with Crippen molar-refractivity contribution >= 4 is 46.0 Å². The number of hydrogen-bond acceptors (Lipinski definition) is 6. The summed E-state index contributed by atoms with van der Waals surface area (Å²) in [7, 11) is 0. The van der Waals surface area contributed by atoms with Gasteiger partial charge in [-0.2, -0.15) is 5.11 Å². The van der Waals surface area contributed by atoms with Crippen molar-refractivity contribution in [2.45, 2.75) is 6.92 Å². The van der Waals surface area contributed by atoms with E-state index in [0.29, 0.717) is 6.61 Å². The van der Waals surface area contributed by atoms with Crippen LogP contribution >= 0.6 is 0 Å². The number of phenolic OH excluding ortho intramolecular Hbond substituents is 1. The standard InChI is InChI=1S/C32H26N4O2/c1-2-38-28-17-9-24(10-18-28)22-34-31-19-20-32(30-6-4-3-5-29(30)31)36-35-26-13-11-25(12-14-26)33-21-23-7-15-27(37)16-8-23/h3-22,37H,2H2,1H3. The van der Waals surface area contributed by atoms with Gasteiger partial charge in [-0.25, -0.2) is 0 Å². The first-order valence-electron chi connectivity index (χ1n) is 12.3. The topological polar surface area (TPSA) is 78.9 Å². The highest BCUT2D eigenvalue weighted by Gasteiger charge is 2.05. The number of aliphatic imine (C=N–C) groups is 2. The van der Waals surface area contributed by atoms with Crippen molar-refractivity contribution in [3.05, 3.63) is 120 Å². The van der Waals surface area contributed by atoms with Gasteiger partial charge in [-0.3, -0.25) is 9.98 Å².